The third-order valence-electron chi connectivity index (χ3n) is 4.78. The van der Waals surface area contributed by atoms with Crippen LogP contribution in [0.2, 0.25) is 0 Å². The van der Waals surface area contributed by atoms with Crippen LogP contribution in [-0.2, 0) is 4.79 Å². The van der Waals surface area contributed by atoms with Crippen molar-refractivity contribution in [3.05, 3.63) is 22.3 Å². The SMILES string of the molecule is CC(C1CC(=O)C2C1[C@H]1C=C[C@@H]2C1)[N+](=O)[O-]. The van der Waals surface area contributed by atoms with E-state index >= 15 is 0 Å². The molecule has 0 aromatic carbocycles. The zero-order valence-electron chi connectivity index (χ0n) is 9.20. The van der Waals surface area contributed by atoms with E-state index < -0.39 is 6.04 Å². The van der Waals surface area contributed by atoms with Crippen LogP contribution in [0.5, 0.6) is 0 Å². The van der Waals surface area contributed by atoms with Gasteiger partial charge in [0, 0.05) is 30.1 Å². The Hall–Kier alpha value is -1.19. The second-order valence-electron chi connectivity index (χ2n) is 5.41. The summed E-state index contributed by atoms with van der Waals surface area (Å²) in [5.74, 6) is 1.39. The molecule has 0 spiro atoms. The molecular formula is C12H15NO3. The Labute approximate surface area is 93.9 Å². The molecule has 6 atom stereocenters. The molecule has 86 valence electrons. The Morgan fingerprint density at radius 1 is 1.44 bits per heavy atom. The van der Waals surface area contributed by atoms with Gasteiger partial charge in [0.25, 0.3) is 0 Å². The molecule has 3 rings (SSSR count). The molecule has 2 saturated carbocycles. The molecule has 2 fully saturated rings. The highest BCUT2D eigenvalue weighted by molar-refractivity contribution is 5.85. The number of hydrogen-bond acceptors (Lipinski definition) is 3. The second kappa shape index (κ2) is 3.15. The minimum atomic E-state index is -0.577. The predicted molar refractivity (Wildman–Crippen MR) is 57.3 cm³/mol. The van der Waals surface area contributed by atoms with Crippen LogP contribution < -0.4 is 0 Å². The lowest BCUT2D eigenvalue weighted by Gasteiger charge is -2.25. The van der Waals surface area contributed by atoms with Crippen molar-refractivity contribution in [2.45, 2.75) is 25.8 Å². The fraction of sp³-hybridized carbons (Fsp3) is 0.750. The zero-order valence-corrected chi connectivity index (χ0v) is 9.20. The summed E-state index contributed by atoms with van der Waals surface area (Å²) in [6.45, 7) is 1.65. The molecule has 0 aromatic rings. The van der Waals surface area contributed by atoms with Crippen molar-refractivity contribution in [3.8, 4) is 0 Å². The number of carbonyl (C=O) groups excluding carboxylic acids is 1. The van der Waals surface area contributed by atoms with Crippen LogP contribution in [0.15, 0.2) is 12.2 Å². The van der Waals surface area contributed by atoms with Crippen LogP contribution in [0, 0.1) is 39.7 Å². The molecule has 3 aliphatic rings. The lowest BCUT2D eigenvalue weighted by Crippen LogP contribution is -2.32. The van der Waals surface area contributed by atoms with Gasteiger partial charge in [-0.05, 0) is 24.2 Å². The van der Waals surface area contributed by atoms with Crippen molar-refractivity contribution in [2.75, 3.05) is 0 Å². The Bertz CT molecular complexity index is 390. The lowest BCUT2D eigenvalue weighted by atomic mass is 9.79. The van der Waals surface area contributed by atoms with Crippen molar-refractivity contribution in [1.29, 1.82) is 0 Å². The predicted octanol–water partition coefficient (Wildman–Crippen LogP) is 1.68. The summed E-state index contributed by atoms with van der Waals surface area (Å²) in [5, 5.41) is 10.9. The minimum Gasteiger partial charge on any atom is -0.299 e. The fourth-order valence-corrected chi connectivity index (χ4v) is 4.05. The van der Waals surface area contributed by atoms with Gasteiger partial charge in [0.15, 0.2) is 0 Å². The van der Waals surface area contributed by atoms with Gasteiger partial charge in [-0.15, -0.1) is 0 Å². The summed E-state index contributed by atoms with van der Waals surface area (Å²) < 4.78 is 0. The summed E-state index contributed by atoms with van der Waals surface area (Å²) in [7, 11) is 0. The van der Waals surface area contributed by atoms with Crippen LogP contribution in [0.25, 0.3) is 0 Å². The summed E-state index contributed by atoms with van der Waals surface area (Å²) in [6, 6.07) is -0.577. The maximum atomic E-state index is 11.9. The molecule has 0 aliphatic heterocycles. The van der Waals surface area contributed by atoms with Gasteiger partial charge in [0.2, 0.25) is 6.04 Å². The van der Waals surface area contributed by atoms with E-state index in [9.17, 15) is 14.9 Å². The Balaban J connectivity index is 1.91. The first-order valence-electron chi connectivity index (χ1n) is 5.94. The topological polar surface area (TPSA) is 60.2 Å². The first-order valence-corrected chi connectivity index (χ1v) is 5.94. The number of Topliss-reactive ketones (excluding diaryl/α,β-unsaturated/α-hetero) is 1. The normalized spacial score (nSPS) is 46.1. The van der Waals surface area contributed by atoms with Gasteiger partial charge >= 0.3 is 0 Å². The Morgan fingerprint density at radius 3 is 2.81 bits per heavy atom. The number of nitro groups is 1. The largest absolute Gasteiger partial charge is 0.299 e. The number of rotatable bonds is 2. The third kappa shape index (κ3) is 1.13. The van der Waals surface area contributed by atoms with Crippen molar-refractivity contribution in [1.82, 2.24) is 0 Å². The van der Waals surface area contributed by atoms with E-state index in [2.05, 4.69) is 12.2 Å². The van der Waals surface area contributed by atoms with E-state index in [1.54, 1.807) is 6.92 Å². The van der Waals surface area contributed by atoms with Crippen molar-refractivity contribution in [2.24, 2.45) is 29.6 Å². The van der Waals surface area contributed by atoms with Gasteiger partial charge < -0.3 is 0 Å². The standard InChI is InChI=1S/C12H15NO3/c1-6(13(15)16)9-5-10(14)12-8-3-2-7(4-8)11(9)12/h2-3,6-9,11-12H,4-5H2,1H3/t6?,7-,8+,9?,11?,12?/m0/s1. The van der Waals surface area contributed by atoms with Gasteiger partial charge in [0.05, 0.1) is 0 Å². The molecule has 3 aliphatic carbocycles. The number of allylic oxidation sites excluding steroid dienone is 2. The number of fused-ring (bicyclic) bond motifs is 5. The van der Waals surface area contributed by atoms with Gasteiger partial charge in [-0.2, -0.15) is 0 Å². The van der Waals surface area contributed by atoms with E-state index in [0.717, 1.165) is 6.42 Å². The molecular weight excluding hydrogens is 206 g/mol. The highest BCUT2D eigenvalue weighted by atomic mass is 16.6. The molecule has 2 bridgehead atoms. The van der Waals surface area contributed by atoms with Crippen LogP contribution >= 0.6 is 0 Å². The van der Waals surface area contributed by atoms with Gasteiger partial charge in [-0.25, -0.2) is 0 Å². The average Bonchev–Trinajstić information content (AvgIpc) is 2.89. The molecule has 16 heavy (non-hydrogen) atoms. The smallest absolute Gasteiger partial charge is 0.213 e. The summed E-state index contributed by atoms with van der Waals surface area (Å²) >= 11 is 0. The van der Waals surface area contributed by atoms with E-state index in [4.69, 9.17) is 0 Å². The van der Waals surface area contributed by atoms with Gasteiger partial charge in [-0.3, -0.25) is 14.9 Å². The molecule has 0 radical (unpaired) electrons. The minimum absolute atomic E-state index is 0.0348. The molecule has 0 aromatic heterocycles. The maximum absolute atomic E-state index is 11.9. The quantitative estimate of drug-likeness (QED) is 0.405. The number of ketones is 1. The number of carbonyl (C=O) groups is 1. The van der Waals surface area contributed by atoms with Crippen LogP contribution in [-0.4, -0.2) is 16.7 Å². The van der Waals surface area contributed by atoms with Crippen molar-refractivity contribution in [3.63, 3.8) is 0 Å². The summed E-state index contributed by atoms with van der Waals surface area (Å²) in [5.41, 5.74) is 0. The third-order valence-corrected chi connectivity index (χ3v) is 4.78. The Morgan fingerprint density at radius 2 is 2.12 bits per heavy atom. The van der Waals surface area contributed by atoms with Crippen molar-refractivity contribution < 1.29 is 9.72 Å². The summed E-state index contributed by atoms with van der Waals surface area (Å²) in [6.07, 6.45) is 5.78. The first-order chi connectivity index (χ1) is 7.59. The number of hydrogen-bond donors (Lipinski definition) is 0. The highest BCUT2D eigenvalue weighted by Gasteiger charge is 2.58. The molecule has 0 amide bonds. The van der Waals surface area contributed by atoms with Crippen LogP contribution in [0.4, 0.5) is 0 Å². The zero-order chi connectivity index (χ0) is 11.4. The van der Waals surface area contributed by atoms with Gasteiger partial charge in [-0.1, -0.05) is 12.2 Å². The molecule has 0 heterocycles. The highest BCUT2D eigenvalue weighted by Crippen LogP contribution is 2.57. The van der Waals surface area contributed by atoms with Crippen LogP contribution in [0.3, 0.4) is 0 Å². The van der Waals surface area contributed by atoms with E-state index in [1.165, 1.54) is 0 Å². The number of nitrogens with zero attached hydrogens (tertiary/aromatic N) is 1. The maximum Gasteiger partial charge on any atom is 0.213 e. The monoisotopic (exact) mass is 221 g/mol. The molecule has 0 saturated heterocycles. The van der Waals surface area contributed by atoms with E-state index in [-0.39, 0.29) is 28.5 Å². The molecule has 4 heteroatoms. The molecule has 0 N–H and O–H groups in total. The van der Waals surface area contributed by atoms with Crippen molar-refractivity contribution >= 4 is 5.78 Å². The second-order valence-corrected chi connectivity index (χ2v) is 5.41. The first kappa shape index (κ1) is 10.00. The fourth-order valence-electron chi connectivity index (χ4n) is 4.05. The van der Waals surface area contributed by atoms with E-state index in [1.807, 2.05) is 0 Å². The summed E-state index contributed by atoms with van der Waals surface area (Å²) in [4.78, 5) is 22.6. The van der Waals surface area contributed by atoms with Crippen LogP contribution in [0.1, 0.15) is 19.8 Å². The lowest BCUT2D eigenvalue weighted by molar-refractivity contribution is -0.529. The van der Waals surface area contributed by atoms with E-state index in [0.29, 0.717) is 18.3 Å². The Kier molecular flexibility index (Phi) is 1.97. The molecule has 4 unspecified atom stereocenters. The average molecular weight is 221 g/mol. The molecule has 4 nitrogen and oxygen atoms in total. The van der Waals surface area contributed by atoms with Gasteiger partial charge in [0.1, 0.15) is 5.78 Å².